The predicted molar refractivity (Wildman–Crippen MR) is 417 cm³/mol. The SMILES string of the molecule is CC(=O)OC[C@H]1O[C@@H](OCCOCCNC(=O)CCC(CCC(=O)NCCOCCO[C@@H]2O[C@H](COC(C)=O)[C@@H](OC(C)=O)[C@H](OC(C)=O)[C@H]2OC(C)=O)(CCC(=O)NCCOCCO[C@@H]2O[C@H](COC(C)=O)[C@@H](OC(C)=O)[C@H](OC(C)=O)[C@H]2OC(C)=O)NC(=O)[C@H](Cc2ccccc2)NC(=O)OCc2ccccc2)[C@H](OC(C)=O)[C@@H](OC(C)=O)[C@@H]1OC(C)=O. The molecule has 0 aliphatic carbocycles. The summed E-state index contributed by atoms with van der Waals surface area (Å²) in [6.45, 7) is 8.67. The summed E-state index contributed by atoms with van der Waals surface area (Å²) < 4.78 is 123. The van der Waals surface area contributed by atoms with Crippen LogP contribution in [0.2, 0.25) is 0 Å². The van der Waals surface area contributed by atoms with E-state index in [9.17, 15) is 76.7 Å². The Balaban J connectivity index is 1.38. The Bertz CT molecular complexity index is 3580. The molecule has 3 heterocycles. The average molecular weight is 1780 g/mol. The van der Waals surface area contributed by atoms with E-state index in [0.29, 0.717) is 11.1 Å². The minimum absolute atomic E-state index is 0.126. The van der Waals surface area contributed by atoms with Crippen molar-refractivity contribution in [3.8, 4) is 0 Å². The van der Waals surface area contributed by atoms with Crippen molar-refractivity contribution < 1.29 is 186 Å². The van der Waals surface area contributed by atoms with Gasteiger partial charge in [0.15, 0.2) is 73.8 Å². The maximum Gasteiger partial charge on any atom is 0.408 e. The number of carbonyl (C=O) groups excluding carboxylic acids is 17. The standard InChI is InChI=1S/C81H113N5O39/c1-46(87)110-43-61-67(114-49(4)90)70(117-52(7)93)73(120-55(10)96)77(123-61)107-38-35-104-32-29-82-64(99)23-26-81(86-76(102)60(41-58-19-15-13-16-20-58)85-80(103)113-42-59-21-17-14-18-22-59,27-24-65(100)83-30-33-105-36-39-108-78-74(121-56(11)97)71(118-53(8)94)68(115-50(5)91)62(124-78)44-111-47(2)88)28-25-66(101)84-31-34-106-37-40-109-79-75(122-57(12)98)72(119-54(9)95)69(116-51(6)92)63(125-79)45-112-48(3)89/h13-22,60-63,67-75,77-79H,23-45H2,1-12H3,(H,82,99)(H,83,100)(H,84,101)(H,85,103)(H,86,102)/t60-,61+,62+,63+,67+,68+,69+,70-,71-,72-,73+,74+,75+,77+,78+,79+/m0/s1. The maximum atomic E-state index is 15.2. The second kappa shape index (κ2) is 55.3. The van der Waals surface area contributed by atoms with Gasteiger partial charge in [0.05, 0.1) is 59.5 Å². The van der Waals surface area contributed by atoms with Crippen LogP contribution in [0.3, 0.4) is 0 Å². The van der Waals surface area contributed by atoms with Crippen LogP contribution in [-0.2, 0) is 194 Å². The van der Waals surface area contributed by atoms with Gasteiger partial charge in [-0.05, 0) is 30.4 Å². The summed E-state index contributed by atoms with van der Waals surface area (Å²) in [5.74, 6) is -12.6. The Morgan fingerprint density at radius 1 is 0.328 bits per heavy atom. The van der Waals surface area contributed by atoms with Gasteiger partial charge in [0.25, 0.3) is 0 Å². The molecule has 125 heavy (non-hydrogen) atoms. The van der Waals surface area contributed by atoms with Gasteiger partial charge in [-0.1, -0.05) is 60.7 Å². The molecule has 5 rings (SSSR count). The highest BCUT2D eigenvalue weighted by Gasteiger charge is 2.56. The first-order valence-corrected chi connectivity index (χ1v) is 40.0. The van der Waals surface area contributed by atoms with Crippen molar-refractivity contribution in [2.75, 3.05) is 98.9 Å². The molecule has 44 nitrogen and oxygen atoms in total. The molecule has 3 fully saturated rings. The zero-order valence-corrected chi connectivity index (χ0v) is 71.7. The lowest BCUT2D eigenvalue weighted by molar-refractivity contribution is -0.309. The molecule has 5 N–H and O–H groups in total. The average Bonchev–Trinajstić information content (AvgIpc) is 0.796. The minimum Gasteiger partial charge on any atom is -0.463 e. The third-order valence-electron chi connectivity index (χ3n) is 18.1. The van der Waals surface area contributed by atoms with Crippen LogP contribution in [-0.4, -0.2) is 304 Å². The van der Waals surface area contributed by atoms with Crippen molar-refractivity contribution in [1.82, 2.24) is 26.6 Å². The number of hydrogen-bond acceptors (Lipinski definition) is 39. The van der Waals surface area contributed by atoms with Crippen LogP contribution in [0.5, 0.6) is 0 Å². The van der Waals surface area contributed by atoms with Crippen molar-refractivity contribution in [2.45, 2.75) is 238 Å². The number of ether oxygens (including phenoxy) is 22. The molecule has 44 heteroatoms. The molecule has 696 valence electrons. The zero-order valence-electron chi connectivity index (χ0n) is 71.7. The normalized spacial score (nSPS) is 22.2. The monoisotopic (exact) mass is 1780 g/mol. The summed E-state index contributed by atoms with van der Waals surface area (Å²) in [7, 11) is 0. The van der Waals surface area contributed by atoms with Gasteiger partial charge < -0.3 is 131 Å². The Morgan fingerprint density at radius 2 is 0.608 bits per heavy atom. The molecule has 0 aromatic heterocycles. The second-order valence-corrected chi connectivity index (χ2v) is 28.4. The molecule has 5 amide bonds. The molecule has 0 spiro atoms. The molecule has 16 atom stereocenters. The fraction of sp³-hybridized carbons (Fsp3) is 0.642. The van der Waals surface area contributed by atoms with Crippen LogP contribution in [0.25, 0.3) is 0 Å². The Hall–Kier alpha value is -11.1. The van der Waals surface area contributed by atoms with E-state index in [2.05, 4.69) is 26.6 Å². The van der Waals surface area contributed by atoms with E-state index < -0.39 is 244 Å². The first kappa shape index (κ1) is 104. The number of nitrogens with one attached hydrogen (secondary N) is 5. The molecule has 3 aliphatic rings. The molecule has 3 saturated heterocycles. The number of amides is 5. The van der Waals surface area contributed by atoms with Crippen molar-refractivity contribution in [2.24, 2.45) is 0 Å². The van der Waals surface area contributed by atoms with Gasteiger partial charge in [0, 0.05) is 134 Å². The van der Waals surface area contributed by atoms with E-state index in [4.69, 9.17) is 104 Å². The lowest BCUT2D eigenvalue weighted by atomic mass is 9.82. The molecule has 0 unspecified atom stereocenters. The first-order chi connectivity index (χ1) is 59.4. The van der Waals surface area contributed by atoms with Crippen molar-refractivity contribution in [1.29, 1.82) is 0 Å². The van der Waals surface area contributed by atoms with Gasteiger partial charge >= 0.3 is 77.7 Å². The molecule has 0 radical (unpaired) electrons. The summed E-state index contributed by atoms with van der Waals surface area (Å²) in [4.78, 5) is 218. The summed E-state index contributed by atoms with van der Waals surface area (Å²) in [5.41, 5.74) is -0.474. The van der Waals surface area contributed by atoms with Crippen molar-refractivity contribution >= 4 is 101 Å². The summed E-state index contributed by atoms with van der Waals surface area (Å²) in [6.07, 6.45) is -25.1. The molecule has 2 aromatic rings. The van der Waals surface area contributed by atoms with E-state index >= 15 is 4.79 Å². The van der Waals surface area contributed by atoms with Gasteiger partial charge in [-0.25, -0.2) is 4.79 Å². The van der Waals surface area contributed by atoms with Gasteiger partial charge in [-0.2, -0.15) is 0 Å². The summed E-state index contributed by atoms with van der Waals surface area (Å²) >= 11 is 0. The van der Waals surface area contributed by atoms with E-state index in [-0.39, 0.29) is 111 Å². The van der Waals surface area contributed by atoms with Gasteiger partial charge in [0.2, 0.25) is 23.6 Å². The highest BCUT2D eigenvalue weighted by atomic mass is 16.8. The smallest absolute Gasteiger partial charge is 0.408 e. The largest absolute Gasteiger partial charge is 0.463 e. The Labute approximate surface area is 720 Å². The molecular formula is C81H113N5O39. The number of carbonyl (C=O) groups is 17. The molecular weight excluding hydrogens is 1670 g/mol. The molecule has 0 saturated carbocycles. The number of esters is 12. The summed E-state index contributed by atoms with van der Waals surface area (Å²) in [6, 6.07) is 15.8. The first-order valence-electron chi connectivity index (χ1n) is 40.0. The van der Waals surface area contributed by atoms with Gasteiger partial charge in [0.1, 0.15) is 50.8 Å². The number of hydrogen-bond donors (Lipinski definition) is 5. The van der Waals surface area contributed by atoms with Crippen LogP contribution in [0.15, 0.2) is 60.7 Å². The lowest BCUT2D eigenvalue weighted by Crippen LogP contribution is -2.63. The van der Waals surface area contributed by atoms with Crippen LogP contribution in [0.1, 0.15) is 133 Å². The number of benzene rings is 2. The van der Waals surface area contributed by atoms with E-state index in [1.807, 2.05) is 0 Å². The third kappa shape index (κ3) is 40.2. The van der Waals surface area contributed by atoms with Gasteiger partial charge in [-0.3, -0.25) is 76.7 Å². The maximum absolute atomic E-state index is 15.2. The minimum atomic E-state index is -1.68. The number of alkyl carbamates (subject to hydrolysis) is 1. The lowest BCUT2D eigenvalue weighted by Gasteiger charge is -2.44. The Morgan fingerprint density at radius 3 is 0.896 bits per heavy atom. The van der Waals surface area contributed by atoms with E-state index in [1.165, 1.54) is 0 Å². The number of rotatable bonds is 52. The quantitative estimate of drug-likeness (QED) is 0.0340. The fourth-order valence-corrected chi connectivity index (χ4v) is 12.9. The van der Waals surface area contributed by atoms with E-state index in [1.54, 1.807) is 60.7 Å². The van der Waals surface area contributed by atoms with Crippen molar-refractivity contribution in [3.05, 3.63) is 71.8 Å². The Kier molecular flexibility index (Phi) is 46.2. The van der Waals surface area contributed by atoms with E-state index in [0.717, 1.165) is 83.1 Å². The summed E-state index contributed by atoms with van der Waals surface area (Å²) in [5, 5.41) is 13.9. The predicted octanol–water partition coefficient (Wildman–Crippen LogP) is 0.417. The highest BCUT2D eigenvalue weighted by Crippen LogP contribution is 2.34. The topological polar surface area (TPSA) is 553 Å². The molecule has 0 bridgehead atoms. The second-order valence-electron chi connectivity index (χ2n) is 28.4. The zero-order chi connectivity index (χ0) is 92.1. The van der Waals surface area contributed by atoms with Crippen LogP contribution in [0, 0.1) is 0 Å². The fourth-order valence-electron chi connectivity index (χ4n) is 12.9. The van der Waals surface area contributed by atoms with Crippen LogP contribution >= 0.6 is 0 Å². The molecule has 3 aliphatic heterocycles. The van der Waals surface area contributed by atoms with Crippen LogP contribution < -0.4 is 26.6 Å². The highest BCUT2D eigenvalue weighted by molar-refractivity contribution is 5.87. The van der Waals surface area contributed by atoms with Gasteiger partial charge in [-0.15, -0.1) is 0 Å². The third-order valence-corrected chi connectivity index (χ3v) is 18.1. The van der Waals surface area contributed by atoms with Crippen molar-refractivity contribution in [3.63, 3.8) is 0 Å². The van der Waals surface area contributed by atoms with Crippen LogP contribution in [0.4, 0.5) is 4.79 Å². The molecule has 2 aromatic carbocycles.